The van der Waals surface area contributed by atoms with Crippen molar-refractivity contribution >= 4 is 11.8 Å². The third kappa shape index (κ3) is 3.68. The maximum Gasteiger partial charge on any atom is 0.164 e. The number of nitrogens with zero attached hydrogens (tertiary/aromatic N) is 3. The van der Waals surface area contributed by atoms with Crippen LogP contribution in [0.2, 0.25) is 0 Å². The first-order valence-electron chi connectivity index (χ1n) is 14.8. The zero-order valence-corrected chi connectivity index (χ0v) is 24.5. The third-order valence-corrected chi connectivity index (χ3v) is 9.96. The molecule has 0 fully saturated rings. The quantitative estimate of drug-likeness (QED) is 0.209. The summed E-state index contributed by atoms with van der Waals surface area (Å²) < 4.78 is 0. The van der Waals surface area contributed by atoms with Crippen LogP contribution in [0.1, 0.15) is 22.3 Å². The first-order valence-corrected chi connectivity index (χ1v) is 15.6. The second-order valence-corrected chi connectivity index (χ2v) is 12.3. The zero-order chi connectivity index (χ0) is 29.1. The topological polar surface area (TPSA) is 38.7 Å². The standard InChI is InChI=1S/C40H25N3S/c1-3-13-26(14-4-1)37-41-38(27-15-5-2-6-16-27)43-39(42-37)28-23-24-36-34(25-28)40(33-21-11-12-22-35(33)44-36)31-19-9-7-17-29(31)30-18-8-10-20-32(30)40/h1-25H. The van der Waals surface area contributed by atoms with Gasteiger partial charge in [-0.3, -0.25) is 0 Å². The maximum atomic E-state index is 5.07. The van der Waals surface area contributed by atoms with Crippen LogP contribution in [0.4, 0.5) is 0 Å². The average Bonchev–Trinajstić information content (AvgIpc) is 3.40. The summed E-state index contributed by atoms with van der Waals surface area (Å²) in [4.78, 5) is 17.6. The summed E-state index contributed by atoms with van der Waals surface area (Å²) in [5, 5.41) is 0. The van der Waals surface area contributed by atoms with Crippen molar-refractivity contribution in [2.24, 2.45) is 0 Å². The fraction of sp³-hybridized carbons (Fsp3) is 0.0250. The van der Waals surface area contributed by atoms with E-state index in [1.165, 1.54) is 43.2 Å². The largest absolute Gasteiger partial charge is 0.208 e. The van der Waals surface area contributed by atoms with Gasteiger partial charge in [-0.1, -0.05) is 145 Å². The van der Waals surface area contributed by atoms with Crippen LogP contribution in [-0.2, 0) is 5.41 Å². The Morgan fingerprint density at radius 2 is 0.818 bits per heavy atom. The highest BCUT2D eigenvalue weighted by Gasteiger charge is 2.50. The predicted molar refractivity (Wildman–Crippen MR) is 178 cm³/mol. The second-order valence-electron chi connectivity index (χ2n) is 11.2. The lowest BCUT2D eigenvalue weighted by Gasteiger charge is -2.39. The van der Waals surface area contributed by atoms with Crippen LogP contribution in [0.3, 0.4) is 0 Å². The lowest BCUT2D eigenvalue weighted by atomic mass is 9.67. The molecule has 206 valence electrons. The molecule has 0 N–H and O–H groups in total. The molecule has 1 aliphatic carbocycles. The summed E-state index contributed by atoms with van der Waals surface area (Å²) in [7, 11) is 0. The van der Waals surface area contributed by atoms with Gasteiger partial charge in [0.05, 0.1) is 5.41 Å². The second kappa shape index (κ2) is 9.87. The van der Waals surface area contributed by atoms with E-state index in [9.17, 15) is 0 Å². The fourth-order valence-electron chi connectivity index (χ4n) is 6.93. The monoisotopic (exact) mass is 579 g/mol. The summed E-state index contributed by atoms with van der Waals surface area (Å²) in [6.07, 6.45) is 0. The molecule has 6 aromatic carbocycles. The Bertz CT molecular complexity index is 2110. The molecule has 0 atom stereocenters. The summed E-state index contributed by atoms with van der Waals surface area (Å²) in [6.45, 7) is 0. The van der Waals surface area contributed by atoms with Crippen molar-refractivity contribution in [3.05, 3.63) is 174 Å². The van der Waals surface area contributed by atoms with Crippen molar-refractivity contribution in [1.82, 2.24) is 15.0 Å². The molecule has 2 heterocycles. The van der Waals surface area contributed by atoms with Gasteiger partial charge in [-0.25, -0.2) is 15.0 Å². The molecule has 9 rings (SSSR count). The Morgan fingerprint density at radius 3 is 1.41 bits per heavy atom. The maximum absolute atomic E-state index is 5.07. The average molecular weight is 580 g/mol. The number of hydrogen-bond donors (Lipinski definition) is 0. The molecule has 2 aliphatic rings. The van der Waals surface area contributed by atoms with Crippen LogP contribution in [0.25, 0.3) is 45.3 Å². The third-order valence-electron chi connectivity index (χ3n) is 8.80. The van der Waals surface area contributed by atoms with E-state index in [0.29, 0.717) is 17.5 Å². The van der Waals surface area contributed by atoms with Crippen LogP contribution < -0.4 is 0 Å². The minimum atomic E-state index is -0.447. The highest BCUT2D eigenvalue weighted by molar-refractivity contribution is 7.99. The van der Waals surface area contributed by atoms with E-state index in [1.807, 2.05) is 48.2 Å². The van der Waals surface area contributed by atoms with Crippen LogP contribution in [0, 0.1) is 0 Å². The number of fused-ring (bicyclic) bond motifs is 9. The first kappa shape index (κ1) is 25.2. The molecule has 0 saturated carbocycles. The molecule has 1 spiro atoms. The van der Waals surface area contributed by atoms with Gasteiger partial charge in [0.15, 0.2) is 17.5 Å². The van der Waals surface area contributed by atoms with Gasteiger partial charge in [-0.15, -0.1) is 0 Å². The van der Waals surface area contributed by atoms with Gasteiger partial charge in [0.25, 0.3) is 0 Å². The van der Waals surface area contributed by atoms with Crippen LogP contribution in [0.15, 0.2) is 161 Å². The molecule has 0 radical (unpaired) electrons. The number of aromatic nitrogens is 3. The van der Waals surface area contributed by atoms with E-state index >= 15 is 0 Å². The van der Waals surface area contributed by atoms with Crippen molar-refractivity contribution in [3.63, 3.8) is 0 Å². The first-order chi connectivity index (χ1) is 21.8. The Balaban J connectivity index is 1.32. The highest BCUT2D eigenvalue weighted by Crippen LogP contribution is 2.62. The van der Waals surface area contributed by atoms with Gasteiger partial charge in [0.2, 0.25) is 0 Å². The van der Waals surface area contributed by atoms with Crippen LogP contribution in [-0.4, -0.2) is 15.0 Å². The van der Waals surface area contributed by atoms with Gasteiger partial charge >= 0.3 is 0 Å². The summed E-state index contributed by atoms with van der Waals surface area (Å²) in [6, 6.07) is 53.7. The Hall–Kier alpha value is -5.32. The minimum Gasteiger partial charge on any atom is -0.208 e. The molecule has 1 aliphatic heterocycles. The summed E-state index contributed by atoms with van der Waals surface area (Å²) in [5.41, 5.74) is 10.3. The number of hydrogen-bond acceptors (Lipinski definition) is 4. The van der Waals surface area contributed by atoms with Gasteiger partial charge in [0, 0.05) is 26.5 Å². The zero-order valence-electron chi connectivity index (χ0n) is 23.7. The van der Waals surface area contributed by atoms with E-state index in [4.69, 9.17) is 15.0 Å². The molecular formula is C40H25N3S. The lowest BCUT2D eigenvalue weighted by molar-refractivity contribution is 0.722. The fourth-order valence-corrected chi connectivity index (χ4v) is 8.11. The van der Waals surface area contributed by atoms with Gasteiger partial charge in [-0.2, -0.15) is 0 Å². The van der Waals surface area contributed by atoms with Crippen molar-refractivity contribution in [2.45, 2.75) is 15.2 Å². The summed E-state index contributed by atoms with van der Waals surface area (Å²) >= 11 is 1.84. The predicted octanol–water partition coefficient (Wildman–Crippen LogP) is 9.70. The molecule has 0 saturated heterocycles. The Morgan fingerprint density at radius 1 is 0.364 bits per heavy atom. The molecule has 7 aromatic rings. The van der Waals surface area contributed by atoms with E-state index in [1.54, 1.807) is 0 Å². The van der Waals surface area contributed by atoms with Crippen molar-refractivity contribution in [1.29, 1.82) is 0 Å². The molecule has 3 nitrogen and oxygen atoms in total. The molecule has 4 heteroatoms. The van der Waals surface area contributed by atoms with Crippen molar-refractivity contribution in [2.75, 3.05) is 0 Å². The SMILES string of the molecule is c1ccc(-c2nc(-c3ccccc3)nc(-c3ccc4c(c3)C3(c5ccccc5S4)c4ccccc4-c4ccccc43)n2)cc1. The Kier molecular flexibility index (Phi) is 5.65. The summed E-state index contributed by atoms with van der Waals surface area (Å²) in [5.74, 6) is 2.00. The minimum absolute atomic E-state index is 0.447. The number of benzene rings is 6. The van der Waals surface area contributed by atoms with E-state index < -0.39 is 5.41 Å². The van der Waals surface area contributed by atoms with Crippen molar-refractivity contribution < 1.29 is 0 Å². The van der Waals surface area contributed by atoms with E-state index in [-0.39, 0.29) is 0 Å². The smallest absolute Gasteiger partial charge is 0.164 e. The van der Waals surface area contributed by atoms with Crippen LogP contribution >= 0.6 is 11.8 Å². The lowest BCUT2D eigenvalue weighted by Crippen LogP contribution is -2.32. The molecule has 0 bridgehead atoms. The normalized spacial score (nSPS) is 13.5. The molecule has 1 aromatic heterocycles. The van der Waals surface area contributed by atoms with Gasteiger partial charge in [0.1, 0.15) is 0 Å². The molecular weight excluding hydrogens is 555 g/mol. The highest BCUT2D eigenvalue weighted by atomic mass is 32.2. The van der Waals surface area contributed by atoms with Gasteiger partial charge < -0.3 is 0 Å². The van der Waals surface area contributed by atoms with Gasteiger partial charge in [-0.05, 0) is 51.6 Å². The molecule has 0 amide bonds. The Labute approximate surface area is 260 Å². The van der Waals surface area contributed by atoms with Crippen molar-refractivity contribution in [3.8, 4) is 45.3 Å². The van der Waals surface area contributed by atoms with Crippen LogP contribution in [0.5, 0.6) is 0 Å². The molecule has 44 heavy (non-hydrogen) atoms. The van der Waals surface area contributed by atoms with E-state index in [0.717, 1.165) is 16.7 Å². The number of rotatable bonds is 3. The van der Waals surface area contributed by atoms with E-state index in [2.05, 4.69) is 115 Å². The molecule has 0 unspecified atom stereocenters.